The Hall–Kier alpha value is -3.98. The van der Waals surface area contributed by atoms with E-state index in [2.05, 4.69) is 10.1 Å². The molecule has 1 aliphatic heterocycles. The molecule has 3 aromatic rings. The summed E-state index contributed by atoms with van der Waals surface area (Å²) in [5, 5.41) is 14.8. The molecule has 1 aromatic carbocycles. The normalized spacial score (nSPS) is 23.2. The number of para-hydroxylation sites is 1. The molecule has 4 rings (SSSR count). The van der Waals surface area contributed by atoms with Gasteiger partial charge in [-0.1, -0.05) is 18.2 Å². The highest BCUT2D eigenvalue weighted by molar-refractivity contribution is 7.33. The number of hydrogen-bond acceptors (Lipinski definition) is 12. The highest BCUT2D eigenvalue weighted by atomic mass is 31.1. The van der Waals surface area contributed by atoms with Crippen LogP contribution in [0.5, 0.6) is 5.75 Å². The Morgan fingerprint density at radius 1 is 1.07 bits per heavy atom. The number of hydrogen-bond donors (Lipinski definition) is 1. The summed E-state index contributed by atoms with van der Waals surface area (Å²) in [4.78, 5) is 30.4. The second-order valence-corrected chi connectivity index (χ2v) is 12.9. The third-order valence-corrected chi connectivity index (χ3v) is 7.22. The van der Waals surface area contributed by atoms with Gasteiger partial charge < -0.3 is 24.5 Å². The Bertz CT molecular complexity index is 1530. The van der Waals surface area contributed by atoms with Gasteiger partial charge in [-0.25, -0.2) is 14.1 Å². The van der Waals surface area contributed by atoms with Crippen molar-refractivity contribution in [2.24, 2.45) is 10.8 Å². The average molecular weight is 600 g/mol. The summed E-state index contributed by atoms with van der Waals surface area (Å²) < 4.78 is 43.2. The lowest BCUT2D eigenvalue weighted by Gasteiger charge is -2.31. The third kappa shape index (κ3) is 6.41. The van der Waals surface area contributed by atoms with Crippen molar-refractivity contribution in [3.05, 3.63) is 54.5 Å². The minimum Gasteiger partial charge on any atom is -0.455 e. The van der Waals surface area contributed by atoms with E-state index in [9.17, 15) is 19.4 Å². The number of ether oxygens (including phenoxy) is 3. The van der Waals surface area contributed by atoms with Crippen LogP contribution in [0, 0.1) is 22.2 Å². The van der Waals surface area contributed by atoms with E-state index < -0.39 is 61.5 Å². The van der Waals surface area contributed by atoms with Crippen LogP contribution in [0.2, 0.25) is 0 Å². The quantitative estimate of drug-likeness (QED) is 0.291. The Morgan fingerprint density at radius 2 is 1.71 bits per heavy atom. The van der Waals surface area contributed by atoms with Crippen molar-refractivity contribution in [3.8, 4) is 11.8 Å². The lowest BCUT2D eigenvalue weighted by molar-refractivity contribution is -0.179. The van der Waals surface area contributed by atoms with E-state index in [-0.39, 0.29) is 5.82 Å². The molecule has 1 unspecified atom stereocenters. The number of nitrogen functional groups attached to an aromatic ring is 1. The van der Waals surface area contributed by atoms with Gasteiger partial charge in [0, 0.05) is 0 Å². The van der Waals surface area contributed by atoms with E-state index in [0.717, 1.165) is 0 Å². The van der Waals surface area contributed by atoms with Crippen LogP contribution >= 0.6 is 8.25 Å². The van der Waals surface area contributed by atoms with E-state index in [1.54, 1.807) is 84.0 Å². The summed E-state index contributed by atoms with van der Waals surface area (Å²) >= 11 is 0. The van der Waals surface area contributed by atoms with Crippen LogP contribution in [0.3, 0.4) is 0 Å². The molecule has 2 aromatic heterocycles. The molecule has 0 aliphatic carbocycles. The van der Waals surface area contributed by atoms with Gasteiger partial charge in [-0.15, -0.1) is 0 Å². The fraction of sp³-hybridized carbons (Fsp3) is 0.464. The number of fused-ring (bicyclic) bond motifs is 1. The van der Waals surface area contributed by atoms with Gasteiger partial charge in [-0.2, -0.15) is 10.4 Å². The molecule has 0 spiro atoms. The molecule has 2 N–H and O–H groups in total. The molecule has 14 heteroatoms. The molecular formula is C28H34N5O8P. The molecule has 1 saturated heterocycles. The SMILES string of the molecule is CC(C)(C)C(=O)O[C@H]1[C@H](c2ccc3c(N)ncnn23)O[C@](C#N)(CO[PH](=O)Oc2ccccc2)[C@H]1OC(=O)C(C)(C)C. The average Bonchev–Trinajstić information content (AvgIpc) is 3.48. The molecule has 0 amide bonds. The predicted octanol–water partition coefficient (Wildman–Crippen LogP) is 4.05. The number of benzene rings is 1. The monoisotopic (exact) mass is 599 g/mol. The third-order valence-electron chi connectivity index (χ3n) is 6.44. The number of nitrogens with two attached hydrogens (primary N) is 1. The Labute approximate surface area is 243 Å². The maximum absolute atomic E-state index is 13.2. The van der Waals surface area contributed by atoms with Crippen molar-refractivity contribution < 1.29 is 37.4 Å². The maximum Gasteiger partial charge on any atom is 0.367 e. The van der Waals surface area contributed by atoms with Gasteiger partial charge in [0.25, 0.3) is 0 Å². The number of anilines is 1. The van der Waals surface area contributed by atoms with Crippen molar-refractivity contribution in [3.63, 3.8) is 0 Å². The van der Waals surface area contributed by atoms with Crippen molar-refractivity contribution in [1.82, 2.24) is 14.6 Å². The Morgan fingerprint density at radius 3 is 2.33 bits per heavy atom. The van der Waals surface area contributed by atoms with Crippen LogP contribution < -0.4 is 10.3 Å². The van der Waals surface area contributed by atoms with Gasteiger partial charge in [0.15, 0.2) is 18.0 Å². The first-order valence-electron chi connectivity index (χ1n) is 13.2. The molecule has 0 radical (unpaired) electrons. The van der Waals surface area contributed by atoms with E-state index in [1.165, 1.54) is 10.8 Å². The smallest absolute Gasteiger partial charge is 0.367 e. The first kappa shape index (κ1) is 31.0. The van der Waals surface area contributed by atoms with Crippen LogP contribution in [0.25, 0.3) is 5.52 Å². The second kappa shape index (κ2) is 11.7. The summed E-state index contributed by atoms with van der Waals surface area (Å²) in [5.41, 5.74) is 2.77. The second-order valence-electron chi connectivity index (χ2n) is 11.9. The fourth-order valence-corrected chi connectivity index (χ4v) is 4.82. The zero-order chi connectivity index (χ0) is 30.9. The number of carbonyl (C=O) groups is 2. The summed E-state index contributed by atoms with van der Waals surface area (Å²) in [7, 11) is -3.20. The highest BCUT2D eigenvalue weighted by Crippen LogP contribution is 2.46. The Balaban J connectivity index is 1.78. The van der Waals surface area contributed by atoms with Crippen molar-refractivity contribution in [1.29, 1.82) is 5.26 Å². The largest absolute Gasteiger partial charge is 0.455 e. The van der Waals surface area contributed by atoms with E-state index >= 15 is 0 Å². The van der Waals surface area contributed by atoms with E-state index in [4.69, 9.17) is 29.0 Å². The zero-order valence-electron chi connectivity index (χ0n) is 24.2. The summed E-state index contributed by atoms with van der Waals surface area (Å²) in [6.45, 7) is 9.23. The van der Waals surface area contributed by atoms with Crippen LogP contribution in [0.4, 0.5) is 5.82 Å². The molecule has 3 heterocycles. The van der Waals surface area contributed by atoms with Gasteiger partial charge in [0.2, 0.25) is 5.60 Å². The first-order valence-corrected chi connectivity index (χ1v) is 14.4. The maximum atomic E-state index is 13.2. The highest BCUT2D eigenvalue weighted by Gasteiger charge is 2.62. The summed E-state index contributed by atoms with van der Waals surface area (Å²) in [5.74, 6) is -0.849. The van der Waals surface area contributed by atoms with Gasteiger partial charge >= 0.3 is 20.2 Å². The molecule has 224 valence electrons. The minimum absolute atomic E-state index is 0.180. The van der Waals surface area contributed by atoms with Crippen LogP contribution in [0.15, 0.2) is 48.8 Å². The molecule has 1 fully saturated rings. The van der Waals surface area contributed by atoms with E-state index in [0.29, 0.717) is 17.0 Å². The van der Waals surface area contributed by atoms with Crippen LogP contribution in [-0.2, 0) is 32.9 Å². The Kier molecular flexibility index (Phi) is 8.64. The topological polar surface area (TPSA) is 177 Å². The standard InChI is InChI=1S/C28H34N5O8P/c1-26(2,3)24(34)38-21-20(18-12-13-19-23(30)31-16-32-33(18)19)40-28(14-29,22(21)39-25(35)27(4,5)6)15-37-42(36)41-17-10-8-7-9-11-17/h7-13,16,20-22,42H,15H2,1-6H3,(H2,30,31,32)/t20-,21-,22-,28+/m0/s1. The van der Waals surface area contributed by atoms with Gasteiger partial charge in [-0.3, -0.25) is 14.1 Å². The first-order chi connectivity index (χ1) is 19.7. The molecular weight excluding hydrogens is 565 g/mol. The summed E-state index contributed by atoms with van der Waals surface area (Å²) in [6, 6.07) is 13.6. The number of carbonyl (C=O) groups excluding carboxylic acids is 2. The molecule has 42 heavy (non-hydrogen) atoms. The van der Waals surface area contributed by atoms with E-state index in [1.807, 2.05) is 6.07 Å². The minimum atomic E-state index is -3.20. The van der Waals surface area contributed by atoms with Gasteiger partial charge in [-0.05, 0) is 65.8 Å². The molecule has 0 bridgehead atoms. The zero-order valence-corrected chi connectivity index (χ0v) is 25.2. The number of rotatable bonds is 8. The lowest BCUT2D eigenvalue weighted by atomic mass is 9.92. The number of esters is 2. The summed E-state index contributed by atoms with van der Waals surface area (Å²) in [6.07, 6.45) is -2.78. The van der Waals surface area contributed by atoms with Gasteiger partial charge in [0.05, 0.1) is 16.5 Å². The van der Waals surface area contributed by atoms with Crippen molar-refractivity contribution in [2.75, 3.05) is 12.3 Å². The van der Waals surface area contributed by atoms with Crippen molar-refractivity contribution >= 4 is 31.5 Å². The lowest BCUT2D eigenvalue weighted by Crippen LogP contribution is -2.50. The van der Waals surface area contributed by atoms with Crippen molar-refractivity contribution in [2.45, 2.75) is 65.5 Å². The van der Waals surface area contributed by atoms with Gasteiger partial charge in [0.1, 0.15) is 36.4 Å². The predicted molar refractivity (Wildman–Crippen MR) is 150 cm³/mol. The number of nitrogens with zero attached hydrogens (tertiary/aromatic N) is 4. The van der Waals surface area contributed by atoms with Crippen LogP contribution in [-0.4, -0.2) is 51.0 Å². The number of aromatic nitrogens is 3. The molecule has 0 saturated carbocycles. The molecule has 13 nitrogen and oxygen atoms in total. The fourth-order valence-electron chi connectivity index (χ4n) is 4.10. The molecule has 1 aliphatic rings. The number of nitriles is 1. The van der Waals surface area contributed by atoms with Crippen LogP contribution in [0.1, 0.15) is 53.3 Å². The molecule has 5 atom stereocenters.